The van der Waals surface area contributed by atoms with Gasteiger partial charge in [-0.25, -0.2) is 19.1 Å². The Balaban J connectivity index is 0.000000626. The van der Waals surface area contributed by atoms with Crippen molar-refractivity contribution in [2.75, 3.05) is 5.32 Å². The number of fused-ring (bicyclic) bond motifs is 4. The number of aromatic nitrogens is 9. The van der Waals surface area contributed by atoms with Gasteiger partial charge >= 0.3 is 12.1 Å². The van der Waals surface area contributed by atoms with E-state index in [9.17, 15) is 22.8 Å². The number of carboxylic acids is 1. The van der Waals surface area contributed by atoms with Gasteiger partial charge in [-0.1, -0.05) is 41.8 Å². The number of aliphatic carboxylic acids is 1. The quantitative estimate of drug-likeness (QED) is 0.204. The largest absolute Gasteiger partial charge is 0.490 e. The molecule has 1 amide bonds. The summed E-state index contributed by atoms with van der Waals surface area (Å²) in [4.78, 5) is 49.4. The zero-order valence-corrected chi connectivity index (χ0v) is 29.0. The van der Waals surface area contributed by atoms with Crippen LogP contribution in [0.15, 0.2) is 90.6 Å². The molecule has 14 nitrogen and oxygen atoms in total. The third-order valence-electron chi connectivity index (χ3n) is 8.22. The van der Waals surface area contributed by atoms with Crippen molar-refractivity contribution in [3.63, 3.8) is 0 Å². The number of pyridine rings is 2. The maximum atomic E-state index is 13.8. The molecule has 0 radical (unpaired) electrons. The maximum Gasteiger partial charge on any atom is 0.490 e. The Morgan fingerprint density at radius 3 is 2.40 bits per heavy atom. The molecule has 272 valence electrons. The highest BCUT2D eigenvalue weighted by Crippen LogP contribution is 2.33. The molecule has 0 saturated carbocycles. The van der Waals surface area contributed by atoms with Crippen LogP contribution in [0.5, 0.6) is 0 Å². The normalized spacial score (nSPS) is 15.9. The summed E-state index contributed by atoms with van der Waals surface area (Å²) in [6.45, 7) is 1.90. The van der Waals surface area contributed by atoms with Crippen LogP contribution in [-0.2, 0) is 9.59 Å². The highest BCUT2D eigenvalue weighted by atomic mass is 35.5. The van der Waals surface area contributed by atoms with E-state index in [2.05, 4.69) is 25.6 Å². The van der Waals surface area contributed by atoms with Gasteiger partial charge in [0.1, 0.15) is 5.69 Å². The Kier molecular flexibility index (Phi) is 10.7. The number of hydrogen-bond acceptors (Lipinski definition) is 9. The molecule has 6 aromatic rings. The van der Waals surface area contributed by atoms with Crippen molar-refractivity contribution in [1.82, 2.24) is 44.3 Å². The molecule has 0 saturated heterocycles. The predicted molar refractivity (Wildman–Crippen MR) is 187 cm³/mol. The van der Waals surface area contributed by atoms with Crippen LogP contribution in [0.1, 0.15) is 37.9 Å². The van der Waals surface area contributed by atoms with Gasteiger partial charge in [0.15, 0.2) is 5.15 Å². The highest BCUT2D eigenvalue weighted by molar-refractivity contribution is 6.31. The molecule has 2 atom stereocenters. The molecular formula is C34H27Cl2F3N10O4. The van der Waals surface area contributed by atoms with Crippen molar-refractivity contribution in [3.8, 4) is 33.9 Å². The van der Waals surface area contributed by atoms with Crippen molar-refractivity contribution in [1.29, 1.82) is 0 Å². The summed E-state index contributed by atoms with van der Waals surface area (Å²) in [5, 5.41) is 23.6. The summed E-state index contributed by atoms with van der Waals surface area (Å²) in [6.07, 6.45) is 6.71. The Labute approximate surface area is 307 Å². The second-order valence-electron chi connectivity index (χ2n) is 11.8. The first kappa shape index (κ1) is 36.8. The van der Waals surface area contributed by atoms with Gasteiger partial charge in [-0.05, 0) is 55.3 Å². The van der Waals surface area contributed by atoms with Crippen LogP contribution in [0.4, 0.5) is 18.9 Å². The van der Waals surface area contributed by atoms with Crippen molar-refractivity contribution >= 4 is 40.8 Å². The van der Waals surface area contributed by atoms with Crippen molar-refractivity contribution in [2.45, 2.75) is 38.4 Å². The number of anilines is 1. The lowest BCUT2D eigenvalue weighted by molar-refractivity contribution is -0.192. The average molecular weight is 768 g/mol. The molecule has 0 aliphatic carbocycles. The second-order valence-corrected chi connectivity index (χ2v) is 12.6. The lowest BCUT2D eigenvalue weighted by Crippen LogP contribution is -2.27. The van der Waals surface area contributed by atoms with E-state index in [0.29, 0.717) is 58.3 Å². The van der Waals surface area contributed by atoms with Gasteiger partial charge < -0.3 is 10.4 Å². The molecule has 0 fully saturated rings. The Morgan fingerprint density at radius 1 is 0.962 bits per heavy atom. The molecule has 19 heteroatoms. The smallest absolute Gasteiger partial charge is 0.475 e. The van der Waals surface area contributed by atoms with Crippen molar-refractivity contribution < 1.29 is 27.9 Å². The van der Waals surface area contributed by atoms with Gasteiger partial charge in [0, 0.05) is 46.7 Å². The number of carbonyl (C=O) groups excluding carboxylic acids is 1. The standard InChI is InChI=1S/C32H26Cl2N10O2.C2HF3O2/c1-19-3-2-4-28(42-18-37-24(15-30(42)45)23-14-21(33)5-6-27(23)44-17-29(34)39-41-44)25-13-20(7-12-36-25)31-26(38-32(19)46)16-43(40-31)22-8-10-35-11-9-22;3-2(4,5)1(6)7/h5-19,28H,2-4H2,1H3,(H,38,46);(H,6,7)/t19-,28+;/m1./s1. The molecule has 6 heterocycles. The average Bonchev–Trinajstić information content (AvgIpc) is 3.76. The highest BCUT2D eigenvalue weighted by Gasteiger charge is 2.38. The predicted octanol–water partition coefficient (Wildman–Crippen LogP) is 6.42. The van der Waals surface area contributed by atoms with E-state index in [0.717, 1.165) is 11.3 Å². The lowest BCUT2D eigenvalue weighted by atomic mass is 9.97. The van der Waals surface area contributed by atoms with E-state index in [1.807, 2.05) is 31.2 Å². The van der Waals surface area contributed by atoms with Gasteiger partial charge in [0.05, 0.1) is 53.2 Å². The molecule has 0 unspecified atom stereocenters. The van der Waals surface area contributed by atoms with Crippen LogP contribution in [-0.4, -0.2) is 67.5 Å². The van der Waals surface area contributed by atoms with Crippen LogP contribution in [0.2, 0.25) is 10.2 Å². The summed E-state index contributed by atoms with van der Waals surface area (Å²) >= 11 is 12.4. The van der Waals surface area contributed by atoms with Gasteiger partial charge in [0.2, 0.25) is 5.91 Å². The van der Waals surface area contributed by atoms with E-state index in [4.69, 9.17) is 43.2 Å². The number of alkyl halides is 3. The topological polar surface area (TPSA) is 176 Å². The van der Waals surface area contributed by atoms with E-state index < -0.39 is 18.2 Å². The second kappa shape index (κ2) is 15.3. The number of nitrogens with zero attached hydrogens (tertiary/aromatic N) is 9. The first-order chi connectivity index (χ1) is 25.3. The summed E-state index contributed by atoms with van der Waals surface area (Å²) < 4.78 is 36.5. The van der Waals surface area contributed by atoms with E-state index in [1.54, 1.807) is 58.4 Å². The minimum atomic E-state index is -5.08. The summed E-state index contributed by atoms with van der Waals surface area (Å²) in [6, 6.07) is 13.6. The number of nitrogens with one attached hydrogen (secondary N) is 1. The van der Waals surface area contributed by atoms with Crippen LogP contribution in [0.25, 0.3) is 33.9 Å². The zero-order chi connectivity index (χ0) is 37.9. The minimum absolute atomic E-state index is 0.101. The fourth-order valence-electron chi connectivity index (χ4n) is 5.59. The van der Waals surface area contributed by atoms with Crippen LogP contribution in [0.3, 0.4) is 0 Å². The number of carbonyl (C=O) groups is 2. The number of hydrogen-bond donors (Lipinski definition) is 2. The van der Waals surface area contributed by atoms with Crippen LogP contribution in [0, 0.1) is 5.92 Å². The summed E-state index contributed by atoms with van der Waals surface area (Å²) in [5.74, 6) is -3.13. The van der Waals surface area contributed by atoms with Gasteiger partial charge in [0.25, 0.3) is 5.56 Å². The Hall–Kier alpha value is -5.94. The third-order valence-corrected chi connectivity index (χ3v) is 8.63. The third kappa shape index (κ3) is 8.42. The van der Waals surface area contributed by atoms with Crippen molar-refractivity contribution in [3.05, 3.63) is 112 Å². The zero-order valence-electron chi connectivity index (χ0n) is 27.4. The SMILES string of the molecule is C[C@@H]1CCC[C@H](n2cnc(-c3cc(Cl)ccc3-n3cc(Cl)nn3)cc2=O)c2cc(ccn2)-c2nn(-c3ccncc3)cc2NC1=O.O=C(O)C(F)(F)F. The van der Waals surface area contributed by atoms with Crippen molar-refractivity contribution in [2.24, 2.45) is 5.92 Å². The Morgan fingerprint density at radius 2 is 1.72 bits per heavy atom. The fourth-order valence-corrected chi connectivity index (χ4v) is 5.88. The number of carboxylic acid groups (broad SMARTS) is 1. The number of benzene rings is 1. The van der Waals surface area contributed by atoms with Gasteiger partial charge in [-0.3, -0.25) is 24.1 Å². The molecular weight excluding hydrogens is 740 g/mol. The van der Waals surface area contributed by atoms with Gasteiger partial charge in [-0.2, -0.15) is 18.3 Å². The molecule has 2 N–H and O–H groups in total. The lowest BCUT2D eigenvalue weighted by Gasteiger charge is -2.22. The molecule has 53 heavy (non-hydrogen) atoms. The monoisotopic (exact) mass is 766 g/mol. The first-order valence-electron chi connectivity index (χ1n) is 15.8. The maximum absolute atomic E-state index is 13.8. The van der Waals surface area contributed by atoms with Crippen LogP contribution >= 0.6 is 23.2 Å². The molecule has 1 aliphatic heterocycles. The first-order valence-corrected chi connectivity index (χ1v) is 16.6. The fraction of sp³-hybridized carbons (Fsp3) is 0.206. The summed E-state index contributed by atoms with van der Waals surface area (Å²) in [5.41, 5.74) is 4.74. The van der Waals surface area contributed by atoms with E-state index in [1.165, 1.54) is 17.1 Å². The van der Waals surface area contributed by atoms with Crippen LogP contribution < -0.4 is 10.9 Å². The number of halogens is 5. The molecule has 2 bridgehead atoms. The molecule has 0 spiro atoms. The number of amides is 1. The van der Waals surface area contributed by atoms with E-state index in [-0.39, 0.29) is 22.5 Å². The minimum Gasteiger partial charge on any atom is -0.475 e. The number of rotatable bonds is 4. The molecule has 7 rings (SSSR count). The Bertz CT molecular complexity index is 2350. The molecule has 1 aromatic carbocycles. The van der Waals surface area contributed by atoms with E-state index >= 15 is 0 Å². The molecule has 5 aromatic heterocycles. The van der Waals surface area contributed by atoms with Gasteiger partial charge in [-0.15, -0.1) is 5.10 Å². The summed E-state index contributed by atoms with van der Waals surface area (Å²) in [7, 11) is 0. The molecule has 1 aliphatic rings.